The zero-order valence-corrected chi connectivity index (χ0v) is 20.5. The summed E-state index contributed by atoms with van der Waals surface area (Å²) in [6.45, 7) is 0.462. The number of aliphatic hydroxyl groups is 1. The lowest BCUT2D eigenvalue weighted by atomic mass is 9.87. The molecule has 5 aromatic rings. The number of pyridine rings is 2. The fourth-order valence-corrected chi connectivity index (χ4v) is 5.07. The molecule has 190 valence electrons. The van der Waals surface area contributed by atoms with E-state index in [9.17, 15) is 14.7 Å². The lowest BCUT2D eigenvalue weighted by Crippen LogP contribution is -2.42. The number of aliphatic hydroxyl groups excluding tert-OH is 1. The zero-order valence-electron chi connectivity index (χ0n) is 20.5. The monoisotopic (exact) mass is 508 g/mol. The molecule has 1 aromatic carbocycles. The molecule has 6 rings (SSSR count). The Morgan fingerprint density at radius 1 is 1.16 bits per heavy atom. The Bertz CT molecular complexity index is 1660. The molecule has 1 aliphatic heterocycles. The van der Waals surface area contributed by atoms with Gasteiger partial charge in [0.05, 0.1) is 42.1 Å². The second kappa shape index (κ2) is 9.56. The molecule has 1 atom stereocenters. The number of carbonyl (C=O) groups excluding carboxylic acids is 2. The number of nitrogens with zero attached hydrogens (tertiary/aromatic N) is 4. The topological polar surface area (TPSA) is 137 Å². The van der Waals surface area contributed by atoms with E-state index in [1.165, 1.54) is 19.5 Å². The number of Topliss-reactive ketones (excluding diaryl/α,β-unsaturated/α-hetero) is 1. The molecule has 3 N–H and O–H groups in total. The number of aromatic nitrogens is 5. The van der Waals surface area contributed by atoms with E-state index in [1.807, 2.05) is 36.4 Å². The quantitative estimate of drug-likeness (QED) is 0.237. The van der Waals surface area contributed by atoms with Crippen LogP contribution in [0.15, 0.2) is 67.1 Å². The van der Waals surface area contributed by atoms with Crippen LogP contribution in [0.4, 0.5) is 0 Å². The molecule has 0 saturated carbocycles. The molecule has 1 aliphatic rings. The predicted molar refractivity (Wildman–Crippen MR) is 138 cm³/mol. The van der Waals surface area contributed by atoms with Gasteiger partial charge in [-0.15, -0.1) is 0 Å². The molecule has 38 heavy (non-hydrogen) atoms. The third kappa shape index (κ3) is 3.91. The van der Waals surface area contributed by atoms with Gasteiger partial charge < -0.3 is 19.7 Å². The molecule has 0 spiro atoms. The van der Waals surface area contributed by atoms with Crippen molar-refractivity contribution in [2.24, 2.45) is 0 Å². The van der Waals surface area contributed by atoms with E-state index in [-0.39, 0.29) is 18.1 Å². The van der Waals surface area contributed by atoms with E-state index in [0.717, 1.165) is 16.8 Å². The number of hydrogen-bond acceptors (Lipinski definition) is 7. The summed E-state index contributed by atoms with van der Waals surface area (Å²) in [6, 6.07) is 15.3. The van der Waals surface area contributed by atoms with Gasteiger partial charge in [0, 0.05) is 37.1 Å². The van der Waals surface area contributed by atoms with Crippen LogP contribution in [0.3, 0.4) is 0 Å². The van der Waals surface area contributed by atoms with Crippen molar-refractivity contribution in [3.63, 3.8) is 0 Å². The molecule has 0 fully saturated rings. The largest absolute Gasteiger partial charge is 0.494 e. The second-order valence-electron chi connectivity index (χ2n) is 9.08. The van der Waals surface area contributed by atoms with Gasteiger partial charge in [-0.25, -0.2) is 4.98 Å². The van der Waals surface area contributed by atoms with Crippen molar-refractivity contribution in [2.75, 3.05) is 13.7 Å². The number of methoxy groups -OCH3 is 1. The smallest absolute Gasteiger partial charge is 0.295 e. The molecule has 0 aliphatic carbocycles. The summed E-state index contributed by atoms with van der Waals surface area (Å²) < 4.78 is 5.50. The van der Waals surface area contributed by atoms with Gasteiger partial charge in [-0.2, -0.15) is 5.10 Å². The molecule has 0 radical (unpaired) electrons. The number of fused-ring (bicyclic) bond motifs is 2. The van der Waals surface area contributed by atoms with E-state index in [1.54, 1.807) is 17.2 Å². The van der Waals surface area contributed by atoms with Crippen LogP contribution in [0.1, 0.15) is 38.8 Å². The summed E-state index contributed by atoms with van der Waals surface area (Å²) in [5.74, 6) is -1.05. The third-order valence-electron chi connectivity index (χ3n) is 6.90. The predicted octanol–water partition coefficient (Wildman–Crippen LogP) is 3.21. The Labute approximate surface area is 217 Å². The lowest BCUT2D eigenvalue weighted by Gasteiger charge is -2.34. The standard InChI is InChI=1S/C28H24N6O4/c1-38-23-12-31-25(22-10-17(15-35)32-33-22)26-24(23)19(11-30-26)27(36)28(37)34-13-16-6-2-3-7-18(16)20(14-34)21-8-4-5-9-29-21/h2-12,20,30,35H,13-15H2,1H3,(H,32,33). The Kier molecular flexibility index (Phi) is 5.93. The van der Waals surface area contributed by atoms with Gasteiger partial charge in [-0.05, 0) is 29.3 Å². The summed E-state index contributed by atoms with van der Waals surface area (Å²) >= 11 is 0. The number of amides is 1. The van der Waals surface area contributed by atoms with Crippen LogP contribution in [-0.4, -0.2) is 60.5 Å². The minimum atomic E-state index is -0.649. The number of benzene rings is 1. The van der Waals surface area contributed by atoms with Crippen molar-refractivity contribution in [3.8, 4) is 17.1 Å². The van der Waals surface area contributed by atoms with E-state index in [0.29, 0.717) is 46.8 Å². The number of ether oxygens (including phenoxy) is 1. The van der Waals surface area contributed by atoms with Gasteiger partial charge in [0.2, 0.25) is 0 Å². The molecule has 0 bridgehead atoms. The Morgan fingerprint density at radius 2 is 2.00 bits per heavy atom. The fraction of sp³-hybridized carbons (Fsp3) is 0.179. The van der Waals surface area contributed by atoms with Gasteiger partial charge >= 0.3 is 0 Å². The SMILES string of the molecule is COc1cnc(-c2cc(CO)[nH]n2)c2[nH]cc(C(=O)C(=O)N3Cc4ccccc4C(c4ccccn4)C3)c12. The summed E-state index contributed by atoms with van der Waals surface area (Å²) in [5.41, 5.74) is 5.10. The van der Waals surface area contributed by atoms with Crippen molar-refractivity contribution < 1.29 is 19.4 Å². The molecule has 1 unspecified atom stereocenters. The van der Waals surface area contributed by atoms with Gasteiger partial charge in [0.25, 0.3) is 11.7 Å². The highest BCUT2D eigenvalue weighted by Gasteiger charge is 2.34. The van der Waals surface area contributed by atoms with Gasteiger partial charge in [-0.1, -0.05) is 30.3 Å². The van der Waals surface area contributed by atoms with Gasteiger partial charge in [-0.3, -0.25) is 19.7 Å². The molecule has 4 aromatic heterocycles. The molecule has 0 saturated heterocycles. The van der Waals surface area contributed by atoms with Crippen LogP contribution in [0.25, 0.3) is 22.3 Å². The summed E-state index contributed by atoms with van der Waals surface area (Å²) in [6.07, 6.45) is 4.73. The van der Waals surface area contributed by atoms with Crippen LogP contribution in [0, 0.1) is 0 Å². The van der Waals surface area contributed by atoms with Crippen molar-refractivity contribution in [1.29, 1.82) is 0 Å². The number of carbonyl (C=O) groups is 2. The highest BCUT2D eigenvalue weighted by Crippen LogP contribution is 2.36. The maximum absolute atomic E-state index is 13.7. The van der Waals surface area contributed by atoms with Crippen LogP contribution >= 0.6 is 0 Å². The molecular formula is C28H24N6O4. The van der Waals surface area contributed by atoms with Crippen molar-refractivity contribution in [3.05, 3.63) is 95.2 Å². The van der Waals surface area contributed by atoms with Crippen molar-refractivity contribution in [2.45, 2.75) is 19.1 Å². The first-order chi connectivity index (χ1) is 18.6. The number of aromatic amines is 2. The first-order valence-electron chi connectivity index (χ1n) is 12.1. The summed E-state index contributed by atoms with van der Waals surface area (Å²) in [7, 11) is 1.48. The molecular weight excluding hydrogens is 484 g/mol. The number of ketones is 1. The highest BCUT2D eigenvalue weighted by molar-refractivity contribution is 6.45. The number of rotatable bonds is 6. The number of H-pyrrole nitrogens is 2. The van der Waals surface area contributed by atoms with Crippen LogP contribution in [0.5, 0.6) is 5.75 Å². The van der Waals surface area contributed by atoms with Crippen LogP contribution in [-0.2, 0) is 17.9 Å². The highest BCUT2D eigenvalue weighted by atomic mass is 16.5. The Morgan fingerprint density at radius 3 is 2.76 bits per heavy atom. The molecule has 1 amide bonds. The van der Waals surface area contributed by atoms with Crippen molar-refractivity contribution in [1.82, 2.24) is 30.0 Å². The van der Waals surface area contributed by atoms with E-state index >= 15 is 0 Å². The zero-order chi connectivity index (χ0) is 26.2. The maximum Gasteiger partial charge on any atom is 0.295 e. The van der Waals surface area contributed by atoms with E-state index in [4.69, 9.17) is 4.74 Å². The minimum Gasteiger partial charge on any atom is -0.494 e. The van der Waals surface area contributed by atoms with E-state index in [2.05, 4.69) is 31.2 Å². The average Bonchev–Trinajstić information content (AvgIpc) is 3.64. The third-order valence-corrected chi connectivity index (χ3v) is 6.90. The normalized spacial score (nSPS) is 14.9. The lowest BCUT2D eigenvalue weighted by molar-refractivity contribution is -0.127. The average molecular weight is 509 g/mol. The Hall–Kier alpha value is -4.83. The molecule has 10 nitrogen and oxygen atoms in total. The van der Waals surface area contributed by atoms with Gasteiger partial charge in [0.1, 0.15) is 17.1 Å². The van der Waals surface area contributed by atoms with Crippen LogP contribution in [0.2, 0.25) is 0 Å². The first kappa shape index (κ1) is 23.6. The maximum atomic E-state index is 13.7. The van der Waals surface area contributed by atoms with Crippen molar-refractivity contribution >= 4 is 22.6 Å². The minimum absolute atomic E-state index is 0.147. The first-order valence-corrected chi connectivity index (χ1v) is 12.1. The van der Waals surface area contributed by atoms with Gasteiger partial charge in [0.15, 0.2) is 0 Å². The fourth-order valence-electron chi connectivity index (χ4n) is 5.07. The number of hydrogen-bond donors (Lipinski definition) is 3. The Balaban J connectivity index is 1.37. The summed E-state index contributed by atoms with van der Waals surface area (Å²) in [5, 5.41) is 16.8. The summed E-state index contributed by atoms with van der Waals surface area (Å²) in [4.78, 5) is 41.0. The molecule has 5 heterocycles. The number of nitrogens with one attached hydrogen (secondary N) is 2. The molecule has 10 heteroatoms. The van der Waals surface area contributed by atoms with Crippen LogP contribution < -0.4 is 4.74 Å². The van der Waals surface area contributed by atoms with E-state index < -0.39 is 11.7 Å². The second-order valence-corrected chi connectivity index (χ2v) is 9.08.